The smallest absolute Gasteiger partial charge is 0.387 e. The fourth-order valence-electron chi connectivity index (χ4n) is 3.80. The summed E-state index contributed by atoms with van der Waals surface area (Å²) in [6.45, 7) is 0.153. The fourth-order valence-corrected chi connectivity index (χ4v) is 3.80. The number of carbonyl (C=O) groups excluding carboxylic acids is 1. The minimum Gasteiger partial charge on any atom is -0.434 e. The first-order chi connectivity index (χ1) is 14.1. The van der Waals surface area contributed by atoms with Crippen molar-refractivity contribution in [2.75, 3.05) is 19.6 Å². The Labute approximate surface area is 170 Å². The number of halogens is 2. The monoisotopic (exact) mass is 402 g/mol. The Hall–Kier alpha value is -2.47. The van der Waals surface area contributed by atoms with Gasteiger partial charge in [-0.3, -0.25) is 9.69 Å². The second-order valence-corrected chi connectivity index (χ2v) is 7.52. The first-order valence-corrected chi connectivity index (χ1v) is 10.2. The molecule has 1 fully saturated rings. The molecule has 4 nitrogen and oxygen atoms in total. The summed E-state index contributed by atoms with van der Waals surface area (Å²) >= 11 is 0. The molecule has 1 aliphatic heterocycles. The van der Waals surface area contributed by atoms with Gasteiger partial charge in [-0.2, -0.15) is 8.78 Å². The molecule has 0 aliphatic carbocycles. The molecule has 3 rings (SSSR count). The number of ether oxygens (including phenoxy) is 1. The average Bonchev–Trinajstić information content (AvgIpc) is 2.73. The third-order valence-corrected chi connectivity index (χ3v) is 5.26. The van der Waals surface area contributed by atoms with Gasteiger partial charge in [0.25, 0.3) is 0 Å². The summed E-state index contributed by atoms with van der Waals surface area (Å²) < 4.78 is 29.9. The highest BCUT2D eigenvalue weighted by Gasteiger charge is 2.21. The van der Waals surface area contributed by atoms with Gasteiger partial charge < -0.3 is 10.1 Å². The Morgan fingerprint density at radius 3 is 2.69 bits per heavy atom. The molecular formula is C23H28F2N2O2. The van der Waals surface area contributed by atoms with Crippen LogP contribution in [0.2, 0.25) is 0 Å². The summed E-state index contributed by atoms with van der Waals surface area (Å²) in [6.07, 6.45) is 3.32. The molecule has 2 aromatic carbocycles. The topological polar surface area (TPSA) is 41.6 Å². The largest absolute Gasteiger partial charge is 0.434 e. The molecule has 2 aromatic rings. The highest BCUT2D eigenvalue weighted by atomic mass is 19.3. The number of para-hydroxylation sites is 1. The molecule has 1 atom stereocenters. The maximum atomic E-state index is 12.6. The summed E-state index contributed by atoms with van der Waals surface area (Å²) in [4.78, 5) is 14.4. The van der Waals surface area contributed by atoms with Crippen molar-refractivity contribution in [3.8, 4) is 5.75 Å². The van der Waals surface area contributed by atoms with Crippen LogP contribution in [-0.4, -0.2) is 37.1 Å². The van der Waals surface area contributed by atoms with Gasteiger partial charge in [0.15, 0.2) is 0 Å². The van der Waals surface area contributed by atoms with Crippen molar-refractivity contribution >= 4 is 5.91 Å². The number of nitrogens with one attached hydrogen (secondary N) is 1. The highest BCUT2D eigenvalue weighted by molar-refractivity contribution is 5.76. The number of aryl methyl sites for hydroxylation is 1. The minimum atomic E-state index is -2.82. The molecule has 1 aliphatic rings. The number of nitrogens with zero attached hydrogens (tertiary/aromatic N) is 1. The predicted octanol–water partition coefficient (Wildman–Crippen LogP) is 4.25. The number of hydrogen-bond donors (Lipinski definition) is 1. The van der Waals surface area contributed by atoms with Gasteiger partial charge >= 0.3 is 6.61 Å². The van der Waals surface area contributed by atoms with Crippen LogP contribution in [0.5, 0.6) is 5.75 Å². The van der Waals surface area contributed by atoms with Crippen molar-refractivity contribution in [2.45, 2.75) is 38.8 Å². The number of piperidine rings is 1. The molecule has 0 saturated carbocycles. The summed E-state index contributed by atoms with van der Waals surface area (Å²) in [5.74, 6) is 0.674. The molecule has 0 aromatic heterocycles. The zero-order valence-electron chi connectivity index (χ0n) is 16.5. The second-order valence-electron chi connectivity index (χ2n) is 7.52. The molecule has 0 bridgehead atoms. The van der Waals surface area contributed by atoms with Crippen LogP contribution in [0.15, 0.2) is 54.6 Å². The van der Waals surface area contributed by atoms with E-state index in [0.29, 0.717) is 25.4 Å². The Morgan fingerprint density at radius 1 is 1.14 bits per heavy atom. The van der Waals surface area contributed by atoms with Crippen molar-refractivity contribution in [3.05, 3.63) is 65.7 Å². The highest BCUT2D eigenvalue weighted by Crippen LogP contribution is 2.24. The van der Waals surface area contributed by atoms with E-state index in [1.54, 1.807) is 12.1 Å². The van der Waals surface area contributed by atoms with Crippen molar-refractivity contribution in [2.24, 2.45) is 5.92 Å². The van der Waals surface area contributed by atoms with Crippen molar-refractivity contribution in [1.82, 2.24) is 10.2 Å². The maximum Gasteiger partial charge on any atom is 0.387 e. The Bertz CT molecular complexity index is 770. The van der Waals surface area contributed by atoms with E-state index in [4.69, 9.17) is 0 Å². The maximum absolute atomic E-state index is 12.6. The van der Waals surface area contributed by atoms with Crippen LogP contribution < -0.4 is 10.1 Å². The number of benzene rings is 2. The van der Waals surface area contributed by atoms with E-state index in [0.717, 1.165) is 43.5 Å². The third kappa shape index (κ3) is 7.13. The molecule has 1 saturated heterocycles. The molecule has 0 radical (unpaired) electrons. The average molecular weight is 402 g/mol. The van der Waals surface area contributed by atoms with Crippen LogP contribution >= 0.6 is 0 Å². The van der Waals surface area contributed by atoms with Crippen molar-refractivity contribution in [1.29, 1.82) is 0 Å². The van der Waals surface area contributed by atoms with Crippen molar-refractivity contribution in [3.63, 3.8) is 0 Å². The van der Waals surface area contributed by atoms with Gasteiger partial charge in [-0.05, 0) is 43.4 Å². The van der Waals surface area contributed by atoms with Crippen LogP contribution in [0.4, 0.5) is 8.78 Å². The van der Waals surface area contributed by atoms with Crippen LogP contribution in [-0.2, 0) is 17.8 Å². The lowest BCUT2D eigenvalue weighted by molar-refractivity contribution is -0.121. The lowest BCUT2D eigenvalue weighted by Crippen LogP contribution is -2.40. The van der Waals surface area contributed by atoms with E-state index in [9.17, 15) is 13.6 Å². The zero-order chi connectivity index (χ0) is 20.5. The minimum absolute atomic E-state index is 0.0710. The molecule has 156 valence electrons. The van der Waals surface area contributed by atoms with Crippen LogP contribution in [0, 0.1) is 5.92 Å². The predicted molar refractivity (Wildman–Crippen MR) is 109 cm³/mol. The standard InChI is InChI=1S/C23H28F2N2O2/c24-23(25)29-21-11-5-4-10-20(21)17-27-14-6-9-19(16-27)15-26-22(28)13-12-18-7-2-1-3-8-18/h1-5,7-8,10-11,19,23H,6,9,12-17H2,(H,26,28)/t19-/m0/s1. The molecule has 0 unspecified atom stereocenters. The van der Waals surface area contributed by atoms with Gasteiger partial charge in [-0.15, -0.1) is 0 Å². The number of rotatable bonds is 9. The van der Waals surface area contributed by atoms with Gasteiger partial charge in [-0.25, -0.2) is 0 Å². The zero-order valence-corrected chi connectivity index (χ0v) is 16.5. The Morgan fingerprint density at radius 2 is 1.90 bits per heavy atom. The second kappa shape index (κ2) is 10.9. The van der Waals surface area contributed by atoms with E-state index in [1.807, 2.05) is 42.5 Å². The van der Waals surface area contributed by atoms with E-state index in [2.05, 4.69) is 15.0 Å². The molecule has 0 spiro atoms. The molecule has 1 heterocycles. The molecule has 6 heteroatoms. The lowest BCUT2D eigenvalue weighted by atomic mass is 9.97. The molecule has 1 N–H and O–H groups in total. The van der Waals surface area contributed by atoms with Crippen molar-refractivity contribution < 1.29 is 18.3 Å². The Balaban J connectivity index is 1.44. The van der Waals surface area contributed by atoms with Gasteiger partial charge in [0.05, 0.1) is 0 Å². The van der Waals surface area contributed by atoms with E-state index in [-0.39, 0.29) is 11.7 Å². The van der Waals surface area contributed by atoms with Gasteiger partial charge in [0.1, 0.15) is 5.75 Å². The quantitative estimate of drug-likeness (QED) is 0.682. The van der Waals surface area contributed by atoms with E-state index in [1.165, 1.54) is 0 Å². The third-order valence-electron chi connectivity index (χ3n) is 5.26. The summed E-state index contributed by atoms with van der Waals surface area (Å²) in [7, 11) is 0. The number of carbonyl (C=O) groups is 1. The summed E-state index contributed by atoms with van der Waals surface area (Å²) in [5.41, 5.74) is 1.93. The van der Waals surface area contributed by atoms with E-state index >= 15 is 0 Å². The van der Waals surface area contributed by atoms with Gasteiger partial charge in [-0.1, -0.05) is 48.5 Å². The van der Waals surface area contributed by atoms with Gasteiger partial charge in [0, 0.05) is 31.6 Å². The molecule has 1 amide bonds. The summed E-state index contributed by atoms with van der Waals surface area (Å²) in [6, 6.07) is 16.9. The van der Waals surface area contributed by atoms with Gasteiger partial charge in [0.2, 0.25) is 5.91 Å². The Kier molecular flexibility index (Phi) is 7.99. The molecule has 29 heavy (non-hydrogen) atoms. The van der Waals surface area contributed by atoms with E-state index < -0.39 is 6.61 Å². The number of likely N-dealkylation sites (tertiary alicyclic amines) is 1. The fraction of sp³-hybridized carbons (Fsp3) is 0.435. The SMILES string of the molecule is O=C(CCc1ccccc1)NC[C@@H]1CCCN(Cc2ccccc2OC(F)F)C1. The lowest BCUT2D eigenvalue weighted by Gasteiger charge is -2.33. The number of hydrogen-bond acceptors (Lipinski definition) is 3. The van der Waals surface area contributed by atoms with Crippen LogP contribution in [0.3, 0.4) is 0 Å². The first kappa shape index (κ1) is 21.2. The number of alkyl halides is 2. The van der Waals surface area contributed by atoms with Crippen LogP contribution in [0.25, 0.3) is 0 Å². The van der Waals surface area contributed by atoms with Crippen LogP contribution in [0.1, 0.15) is 30.4 Å². The molecular weight excluding hydrogens is 374 g/mol. The summed E-state index contributed by atoms with van der Waals surface area (Å²) in [5, 5.41) is 3.06. The first-order valence-electron chi connectivity index (χ1n) is 10.2. The number of amides is 1. The normalized spacial score (nSPS) is 17.3.